The van der Waals surface area contributed by atoms with E-state index in [4.69, 9.17) is 0 Å². The summed E-state index contributed by atoms with van der Waals surface area (Å²) in [6.45, 7) is 1.98. The Balaban J connectivity index is 1.83. The molecule has 1 heterocycles. The van der Waals surface area contributed by atoms with Gasteiger partial charge in [0.15, 0.2) is 0 Å². The van der Waals surface area contributed by atoms with Gasteiger partial charge in [-0.2, -0.15) is 0 Å². The van der Waals surface area contributed by atoms with Crippen LogP contribution in [0, 0.1) is 6.92 Å². The van der Waals surface area contributed by atoms with Crippen LogP contribution < -0.4 is 5.32 Å². The first-order valence-corrected chi connectivity index (χ1v) is 6.44. The van der Waals surface area contributed by atoms with Gasteiger partial charge < -0.3 is 5.32 Å². The van der Waals surface area contributed by atoms with Gasteiger partial charge in [0.25, 0.3) is 5.91 Å². The number of rotatable bonds is 3. The third-order valence-electron chi connectivity index (χ3n) is 3.00. The molecule has 1 N–H and O–H groups in total. The minimum absolute atomic E-state index is 0.171. The van der Waals surface area contributed by atoms with Gasteiger partial charge in [-0.25, -0.2) is 4.68 Å². The van der Waals surface area contributed by atoms with Gasteiger partial charge in [-0.1, -0.05) is 18.2 Å². The highest BCUT2D eigenvalue weighted by Crippen LogP contribution is 2.13. The zero-order chi connectivity index (χ0) is 14.7. The van der Waals surface area contributed by atoms with Crippen molar-refractivity contribution >= 4 is 11.6 Å². The summed E-state index contributed by atoms with van der Waals surface area (Å²) in [5.74, 6) is -0.171. The number of benzene rings is 2. The average molecular weight is 279 g/mol. The molecular formula is C15H13N5O. The number of tetrazole rings is 1. The number of anilines is 1. The van der Waals surface area contributed by atoms with E-state index in [0.29, 0.717) is 5.56 Å². The van der Waals surface area contributed by atoms with Crippen molar-refractivity contribution in [2.24, 2.45) is 0 Å². The van der Waals surface area contributed by atoms with E-state index < -0.39 is 0 Å². The summed E-state index contributed by atoms with van der Waals surface area (Å²) in [5.41, 5.74) is 3.14. The summed E-state index contributed by atoms with van der Waals surface area (Å²) < 4.78 is 1.50. The molecule has 0 aliphatic heterocycles. The zero-order valence-electron chi connectivity index (χ0n) is 11.4. The maximum absolute atomic E-state index is 12.3. The van der Waals surface area contributed by atoms with Crippen molar-refractivity contribution in [3.8, 4) is 5.69 Å². The lowest BCUT2D eigenvalue weighted by atomic mass is 10.1. The summed E-state index contributed by atoms with van der Waals surface area (Å²) in [5, 5.41) is 13.8. The Hall–Kier alpha value is -3.02. The van der Waals surface area contributed by atoms with Crippen LogP contribution in [0.15, 0.2) is 54.9 Å². The number of aromatic nitrogens is 4. The van der Waals surface area contributed by atoms with Crippen LogP contribution in [0.1, 0.15) is 15.9 Å². The Morgan fingerprint density at radius 2 is 2.00 bits per heavy atom. The molecule has 104 valence electrons. The first kappa shape index (κ1) is 13.0. The van der Waals surface area contributed by atoms with Gasteiger partial charge in [-0.3, -0.25) is 4.79 Å². The number of carbonyl (C=O) groups is 1. The standard InChI is InChI=1S/C15H13N5O/c1-11-4-2-6-13(8-11)17-15(21)12-5-3-7-14(9-12)20-10-16-18-19-20/h2-10H,1H3,(H,17,21). The van der Waals surface area contributed by atoms with Crippen LogP contribution in [-0.4, -0.2) is 26.1 Å². The molecule has 1 amide bonds. The van der Waals surface area contributed by atoms with Crippen molar-refractivity contribution in [3.05, 3.63) is 66.0 Å². The molecule has 0 saturated heterocycles. The number of aryl methyl sites for hydroxylation is 1. The highest BCUT2D eigenvalue weighted by atomic mass is 16.1. The molecule has 0 bridgehead atoms. The van der Waals surface area contributed by atoms with E-state index in [1.807, 2.05) is 37.3 Å². The molecule has 2 aromatic carbocycles. The number of nitrogens with one attached hydrogen (secondary N) is 1. The highest BCUT2D eigenvalue weighted by molar-refractivity contribution is 6.04. The van der Waals surface area contributed by atoms with Crippen molar-refractivity contribution in [1.82, 2.24) is 20.2 Å². The van der Waals surface area contributed by atoms with Gasteiger partial charge in [-0.15, -0.1) is 5.10 Å². The molecule has 0 aliphatic carbocycles. The number of hydrogen-bond acceptors (Lipinski definition) is 4. The van der Waals surface area contributed by atoms with Crippen LogP contribution in [0.2, 0.25) is 0 Å². The molecule has 6 heteroatoms. The molecule has 3 aromatic rings. The molecule has 0 unspecified atom stereocenters. The maximum Gasteiger partial charge on any atom is 0.255 e. The van der Waals surface area contributed by atoms with Gasteiger partial charge in [0.1, 0.15) is 6.33 Å². The van der Waals surface area contributed by atoms with E-state index in [1.165, 1.54) is 11.0 Å². The maximum atomic E-state index is 12.3. The first-order chi connectivity index (χ1) is 10.2. The number of nitrogens with zero attached hydrogens (tertiary/aromatic N) is 4. The number of hydrogen-bond donors (Lipinski definition) is 1. The fourth-order valence-corrected chi connectivity index (χ4v) is 2.00. The predicted octanol–water partition coefficient (Wildman–Crippen LogP) is 2.22. The molecule has 6 nitrogen and oxygen atoms in total. The molecule has 0 spiro atoms. The molecule has 0 aliphatic rings. The summed E-state index contributed by atoms with van der Waals surface area (Å²) in [6, 6.07) is 14.8. The molecule has 1 aromatic heterocycles. The lowest BCUT2D eigenvalue weighted by molar-refractivity contribution is 0.102. The van der Waals surface area contributed by atoms with Crippen LogP contribution in [0.3, 0.4) is 0 Å². The fraction of sp³-hybridized carbons (Fsp3) is 0.0667. The summed E-state index contributed by atoms with van der Waals surface area (Å²) in [7, 11) is 0. The van der Waals surface area contributed by atoms with E-state index in [0.717, 1.165) is 16.9 Å². The van der Waals surface area contributed by atoms with E-state index in [9.17, 15) is 4.79 Å². The number of amides is 1. The second-order valence-electron chi connectivity index (χ2n) is 4.63. The Morgan fingerprint density at radius 1 is 1.14 bits per heavy atom. The van der Waals surface area contributed by atoms with Gasteiger partial charge in [0, 0.05) is 11.3 Å². The van der Waals surface area contributed by atoms with Crippen LogP contribution in [0.4, 0.5) is 5.69 Å². The van der Waals surface area contributed by atoms with Crippen LogP contribution in [-0.2, 0) is 0 Å². The second-order valence-corrected chi connectivity index (χ2v) is 4.63. The minimum Gasteiger partial charge on any atom is -0.322 e. The summed E-state index contributed by atoms with van der Waals surface area (Å²) >= 11 is 0. The largest absolute Gasteiger partial charge is 0.322 e. The van der Waals surface area contributed by atoms with Crippen molar-refractivity contribution in [1.29, 1.82) is 0 Å². The Labute approximate surface area is 121 Å². The molecule has 21 heavy (non-hydrogen) atoms. The number of carbonyl (C=O) groups excluding carboxylic acids is 1. The minimum atomic E-state index is -0.171. The Kier molecular flexibility index (Phi) is 3.42. The van der Waals surface area contributed by atoms with Crippen molar-refractivity contribution in [2.75, 3.05) is 5.32 Å². The predicted molar refractivity (Wildman–Crippen MR) is 78.3 cm³/mol. The first-order valence-electron chi connectivity index (χ1n) is 6.44. The molecule has 0 fully saturated rings. The topological polar surface area (TPSA) is 72.7 Å². The Bertz CT molecular complexity index is 767. The third kappa shape index (κ3) is 2.94. The van der Waals surface area contributed by atoms with Gasteiger partial charge >= 0.3 is 0 Å². The normalized spacial score (nSPS) is 10.3. The molecular weight excluding hydrogens is 266 g/mol. The average Bonchev–Trinajstić information content (AvgIpc) is 3.02. The van der Waals surface area contributed by atoms with E-state index >= 15 is 0 Å². The van der Waals surface area contributed by atoms with E-state index in [2.05, 4.69) is 20.8 Å². The second kappa shape index (κ2) is 5.54. The lowest BCUT2D eigenvalue weighted by Gasteiger charge is -2.07. The van der Waals surface area contributed by atoms with Gasteiger partial charge in [0.2, 0.25) is 0 Å². The molecule has 0 atom stereocenters. The van der Waals surface area contributed by atoms with E-state index in [-0.39, 0.29) is 5.91 Å². The summed E-state index contributed by atoms with van der Waals surface area (Å²) in [4.78, 5) is 12.3. The highest BCUT2D eigenvalue weighted by Gasteiger charge is 2.08. The van der Waals surface area contributed by atoms with E-state index in [1.54, 1.807) is 18.2 Å². The lowest BCUT2D eigenvalue weighted by Crippen LogP contribution is -2.12. The SMILES string of the molecule is Cc1cccc(NC(=O)c2cccc(-n3cnnn3)c2)c1. The van der Waals surface area contributed by atoms with Crippen LogP contribution >= 0.6 is 0 Å². The monoisotopic (exact) mass is 279 g/mol. The molecule has 3 rings (SSSR count). The molecule has 0 saturated carbocycles. The van der Waals surface area contributed by atoms with Crippen molar-refractivity contribution < 1.29 is 4.79 Å². The Morgan fingerprint density at radius 3 is 2.76 bits per heavy atom. The van der Waals surface area contributed by atoms with Crippen LogP contribution in [0.25, 0.3) is 5.69 Å². The van der Waals surface area contributed by atoms with Crippen LogP contribution in [0.5, 0.6) is 0 Å². The quantitative estimate of drug-likeness (QED) is 0.798. The zero-order valence-corrected chi connectivity index (χ0v) is 11.4. The molecule has 0 radical (unpaired) electrons. The van der Waals surface area contributed by atoms with Crippen molar-refractivity contribution in [2.45, 2.75) is 6.92 Å². The van der Waals surface area contributed by atoms with Gasteiger partial charge in [0.05, 0.1) is 5.69 Å². The smallest absolute Gasteiger partial charge is 0.255 e. The van der Waals surface area contributed by atoms with Crippen molar-refractivity contribution in [3.63, 3.8) is 0 Å². The third-order valence-corrected chi connectivity index (χ3v) is 3.00. The summed E-state index contributed by atoms with van der Waals surface area (Å²) in [6.07, 6.45) is 1.48. The fourth-order valence-electron chi connectivity index (χ4n) is 2.00. The van der Waals surface area contributed by atoms with Gasteiger partial charge in [-0.05, 0) is 53.2 Å².